The second-order valence-electron chi connectivity index (χ2n) is 7.30. The Kier molecular flexibility index (Phi) is 7.53. The second kappa shape index (κ2) is 10.1. The summed E-state index contributed by atoms with van der Waals surface area (Å²) in [6.07, 6.45) is 0.130. The molecule has 0 atom stereocenters. The number of hydrogen-bond acceptors (Lipinski definition) is 6. The number of carbonyl (C=O) groups is 1. The topological polar surface area (TPSA) is 94.2 Å². The van der Waals surface area contributed by atoms with Crippen LogP contribution in [-0.4, -0.2) is 58.7 Å². The minimum Gasteiger partial charge on any atom is -0.495 e. The van der Waals surface area contributed by atoms with Crippen LogP contribution in [0.5, 0.6) is 11.5 Å². The van der Waals surface area contributed by atoms with Crippen molar-refractivity contribution in [2.24, 2.45) is 0 Å². The van der Waals surface area contributed by atoms with E-state index in [2.05, 4.69) is 5.32 Å². The molecule has 1 saturated heterocycles. The largest absolute Gasteiger partial charge is 0.495 e. The van der Waals surface area contributed by atoms with E-state index in [4.69, 9.17) is 14.2 Å². The van der Waals surface area contributed by atoms with Gasteiger partial charge in [0.25, 0.3) is 0 Å². The number of hydrogen-bond donors (Lipinski definition) is 1. The van der Waals surface area contributed by atoms with Gasteiger partial charge in [0.1, 0.15) is 16.4 Å². The van der Waals surface area contributed by atoms with Crippen molar-refractivity contribution in [1.29, 1.82) is 0 Å². The van der Waals surface area contributed by atoms with Gasteiger partial charge in [-0.25, -0.2) is 8.42 Å². The highest BCUT2D eigenvalue weighted by molar-refractivity contribution is 7.89. The summed E-state index contributed by atoms with van der Waals surface area (Å²) in [5.74, 6) is 0.689. The van der Waals surface area contributed by atoms with Crippen molar-refractivity contribution >= 4 is 21.6 Å². The first kappa shape index (κ1) is 23.1. The first-order valence-corrected chi connectivity index (χ1v) is 11.5. The van der Waals surface area contributed by atoms with Crippen molar-refractivity contribution in [3.63, 3.8) is 0 Å². The molecule has 0 aliphatic carbocycles. The van der Waals surface area contributed by atoms with E-state index in [9.17, 15) is 13.2 Å². The van der Waals surface area contributed by atoms with Crippen LogP contribution in [0.4, 0.5) is 5.69 Å². The molecular weight excluding hydrogens is 420 g/mol. The fourth-order valence-electron chi connectivity index (χ4n) is 3.32. The SMILES string of the molecule is COc1ccc(NC(=O)CCOc2ccc(C)cc2C)cc1S(=O)(=O)N1CCOCC1. The number of nitrogens with zero attached hydrogens (tertiary/aromatic N) is 1. The van der Waals surface area contributed by atoms with Gasteiger partial charge in [-0.3, -0.25) is 4.79 Å². The molecule has 0 aromatic heterocycles. The summed E-state index contributed by atoms with van der Waals surface area (Å²) in [6, 6.07) is 10.4. The molecule has 1 amide bonds. The van der Waals surface area contributed by atoms with Crippen LogP contribution >= 0.6 is 0 Å². The van der Waals surface area contributed by atoms with E-state index in [0.29, 0.717) is 18.9 Å². The van der Waals surface area contributed by atoms with Gasteiger partial charge in [0.05, 0.1) is 33.4 Å². The van der Waals surface area contributed by atoms with Crippen molar-refractivity contribution in [3.05, 3.63) is 47.5 Å². The third kappa shape index (κ3) is 5.75. The third-order valence-corrected chi connectivity index (χ3v) is 6.87. The smallest absolute Gasteiger partial charge is 0.246 e. The van der Waals surface area contributed by atoms with Crippen LogP contribution in [0, 0.1) is 13.8 Å². The van der Waals surface area contributed by atoms with Crippen LogP contribution in [0.15, 0.2) is 41.3 Å². The van der Waals surface area contributed by atoms with Crippen molar-refractivity contribution < 1.29 is 27.4 Å². The maximum Gasteiger partial charge on any atom is 0.246 e. The van der Waals surface area contributed by atoms with Crippen molar-refractivity contribution in [2.75, 3.05) is 45.3 Å². The molecule has 168 valence electrons. The molecule has 0 saturated carbocycles. The quantitative estimate of drug-likeness (QED) is 0.667. The summed E-state index contributed by atoms with van der Waals surface area (Å²) in [5, 5.41) is 2.74. The second-order valence-corrected chi connectivity index (χ2v) is 9.20. The Morgan fingerprint density at radius 1 is 1.10 bits per heavy atom. The maximum atomic E-state index is 13.0. The Balaban J connectivity index is 1.66. The molecule has 2 aromatic carbocycles. The van der Waals surface area contributed by atoms with Crippen LogP contribution in [0.25, 0.3) is 0 Å². The number of aryl methyl sites for hydroxylation is 2. The minimum absolute atomic E-state index is 0.0150. The number of methoxy groups -OCH3 is 1. The lowest BCUT2D eigenvalue weighted by Crippen LogP contribution is -2.40. The minimum atomic E-state index is -3.77. The number of rotatable bonds is 8. The molecule has 1 aliphatic heterocycles. The average molecular weight is 449 g/mol. The predicted molar refractivity (Wildman–Crippen MR) is 117 cm³/mol. The lowest BCUT2D eigenvalue weighted by molar-refractivity contribution is -0.116. The fourth-order valence-corrected chi connectivity index (χ4v) is 4.91. The average Bonchev–Trinajstić information content (AvgIpc) is 2.76. The van der Waals surface area contributed by atoms with Gasteiger partial charge in [-0.15, -0.1) is 0 Å². The fraction of sp³-hybridized carbons (Fsp3) is 0.409. The van der Waals surface area contributed by atoms with Gasteiger partial charge < -0.3 is 19.5 Å². The molecule has 1 aliphatic rings. The van der Waals surface area contributed by atoms with Crippen LogP contribution in [0.1, 0.15) is 17.5 Å². The first-order valence-electron chi connectivity index (χ1n) is 10.1. The summed E-state index contributed by atoms with van der Waals surface area (Å²) < 4.78 is 43.6. The van der Waals surface area contributed by atoms with Gasteiger partial charge in [0.2, 0.25) is 15.9 Å². The normalized spacial score (nSPS) is 14.8. The summed E-state index contributed by atoms with van der Waals surface area (Å²) in [5.41, 5.74) is 2.53. The standard InChI is InChI=1S/C22H28N2O6S/c1-16-4-6-19(17(2)14-16)30-11-8-22(25)23-18-5-7-20(28-3)21(15-18)31(26,27)24-9-12-29-13-10-24/h4-7,14-15H,8-13H2,1-3H3,(H,23,25). The van der Waals surface area contributed by atoms with Gasteiger partial charge in [-0.05, 0) is 43.7 Å². The molecular formula is C22H28N2O6S. The van der Waals surface area contributed by atoms with Gasteiger partial charge >= 0.3 is 0 Å². The summed E-state index contributed by atoms with van der Waals surface area (Å²) in [4.78, 5) is 12.4. The van der Waals surface area contributed by atoms with Crippen LogP contribution in [-0.2, 0) is 19.6 Å². The zero-order valence-electron chi connectivity index (χ0n) is 18.0. The van der Waals surface area contributed by atoms with Crippen molar-refractivity contribution in [2.45, 2.75) is 25.2 Å². The Labute approximate surface area is 183 Å². The third-order valence-electron chi connectivity index (χ3n) is 4.95. The highest BCUT2D eigenvalue weighted by Gasteiger charge is 2.29. The van der Waals surface area contributed by atoms with Crippen LogP contribution in [0.2, 0.25) is 0 Å². The first-order chi connectivity index (χ1) is 14.8. The van der Waals surface area contributed by atoms with E-state index >= 15 is 0 Å². The number of anilines is 1. The molecule has 1 fully saturated rings. The summed E-state index contributed by atoms with van der Waals surface area (Å²) in [7, 11) is -2.36. The maximum absolute atomic E-state index is 13.0. The molecule has 31 heavy (non-hydrogen) atoms. The van der Waals surface area contributed by atoms with E-state index in [-0.39, 0.29) is 42.7 Å². The predicted octanol–water partition coefficient (Wildman–Crippen LogP) is 2.74. The molecule has 0 radical (unpaired) electrons. The number of benzene rings is 2. The number of amides is 1. The molecule has 3 rings (SSSR count). The van der Waals surface area contributed by atoms with E-state index in [1.807, 2.05) is 32.0 Å². The summed E-state index contributed by atoms with van der Waals surface area (Å²) >= 11 is 0. The monoisotopic (exact) mass is 448 g/mol. The van der Waals surface area contributed by atoms with Crippen LogP contribution < -0.4 is 14.8 Å². The molecule has 9 heteroatoms. The number of ether oxygens (including phenoxy) is 3. The number of carbonyl (C=O) groups excluding carboxylic acids is 1. The van der Waals surface area contributed by atoms with Crippen molar-refractivity contribution in [1.82, 2.24) is 4.31 Å². The highest BCUT2D eigenvalue weighted by atomic mass is 32.2. The molecule has 1 heterocycles. The molecule has 8 nitrogen and oxygen atoms in total. The zero-order valence-corrected chi connectivity index (χ0v) is 18.8. The number of morpholine rings is 1. The summed E-state index contributed by atoms with van der Waals surface area (Å²) in [6.45, 7) is 5.42. The van der Waals surface area contributed by atoms with Crippen LogP contribution in [0.3, 0.4) is 0 Å². The van der Waals surface area contributed by atoms with E-state index in [1.165, 1.54) is 23.5 Å². The lowest BCUT2D eigenvalue weighted by Gasteiger charge is -2.26. The van der Waals surface area contributed by atoms with E-state index in [0.717, 1.165) is 16.9 Å². The van der Waals surface area contributed by atoms with Gasteiger partial charge in [0.15, 0.2) is 0 Å². The molecule has 0 unspecified atom stereocenters. The zero-order chi connectivity index (χ0) is 22.4. The van der Waals surface area contributed by atoms with E-state index in [1.54, 1.807) is 6.07 Å². The van der Waals surface area contributed by atoms with Gasteiger partial charge in [-0.1, -0.05) is 17.7 Å². The van der Waals surface area contributed by atoms with Gasteiger partial charge in [-0.2, -0.15) is 4.31 Å². The lowest BCUT2D eigenvalue weighted by atomic mass is 10.1. The Morgan fingerprint density at radius 3 is 2.48 bits per heavy atom. The van der Waals surface area contributed by atoms with Crippen molar-refractivity contribution in [3.8, 4) is 11.5 Å². The highest BCUT2D eigenvalue weighted by Crippen LogP contribution is 2.30. The Hall–Kier alpha value is -2.62. The molecule has 0 bridgehead atoms. The number of nitrogens with one attached hydrogen (secondary N) is 1. The Morgan fingerprint density at radius 2 is 1.81 bits per heavy atom. The Bertz CT molecular complexity index is 1030. The van der Waals surface area contributed by atoms with Gasteiger partial charge in [0, 0.05) is 18.8 Å². The molecule has 0 spiro atoms. The molecule has 2 aromatic rings. The van der Waals surface area contributed by atoms with E-state index < -0.39 is 10.0 Å². The molecule has 1 N–H and O–H groups in total. The number of sulfonamides is 1.